The topological polar surface area (TPSA) is 251 Å². The lowest BCUT2D eigenvalue weighted by molar-refractivity contribution is -0.143. The molecule has 0 spiro atoms. The van der Waals surface area contributed by atoms with E-state index >= 15 is 0 Å². The fraction of sp³-hybridized carbons (Fsp3) is 0.600. The van der Waals surface area contributed by atoms with Crippen LogP contribution in [0.1, 0.15) is 19.3 Å². The van der Waals surface area contributed by atoms with Crippen molar-refractivity contribution in [3.05, 3.63) is 0 Å². The highest BCUT2D eigenvalue weighted by atomic mass is 32.1. The normalized spacial score (nSPS) is 14.5. The highest BCUT2D eigenvalue weighted by molar-refractivity contribution is 7.80. The zero-order valence-corrected chi connectivity index (χ0v) is 16.6. The van der Waals surface area contributed by atoms with Crippen molar-refractivity contribution in [1.29, 1.82) is 0 Å². The van der Waals surface area contributed by atoms with Crippen LogP contribution >= 0.6 is 12.6 Å². The third-order valence-electron chi connectivity index (χ3n) is 3.65. The van der Waals surface area contributed by atoms with E-state index in [1.807, 2.05) is 5.32 Å². The molecular formula is C15H25N5O9S. The van der Waals surface area contributed by atoms with Gasteiger partial charge in [0.1, 0.15) is 24.2 Å². The molecule has 0 aromatic carbocycles. The molecule has 0 fully saturated rings. The molecule has 0 aliphatic heterocycles. The Bertz CT molecular complexity index is 675. The van der Waals surface area contributed by atoms with Gasteiger partial charge >= 0.3 is 11.9 Å². The van der Waals surface area contributed by atoms with E-state index < -0.39 is 72.8 Å². The predicted molar refractivity (Wildman–Crippen MR) is 103 cm³/mol. The quantitative estimate of drug-likeness (QED) is 0.114. The number of hydrogen-bond donors (Lipinski definition) is 9. The first-order valence-corrected chi connectivity index (χ1v) is 9.17. The minimum absolute atomic E-state index is 0.256. The van der Waals surface area contributed by atoms with E-state index in [9.17, 15) is 28.8 Å². The Hall–Kier alpha value is -2.91. The van der Waals surface area contributed by atoms with Crippen molar-refractivity contribution in [2.75, 3.05) is 12.4 Å². The number of thiol groups is 1. The van der Waals surface area contributed by atoms with Crippen LogP contribution in [0.15, 0.2) is 0 Å². The van der Waals surface area contributed by atoms with Crippen LogP contribution in [-0.2, 0) is 28.8 Å². The van der Waals surface area contributed by atoms with Crippen LogP contribution in [-0.4, -0.2) is 87.4 Å². The van der Waals surface area contributed by atoms with Crippen LogP contribution in [0.5, 0.6) is 0 Å². The lowest BCUT2D eigenvalue weighted by Crippen LogP contribution is -2.58. The molecule has 4 unspecified atom stereocenters. The Morgan fingerprint density at radius 3 is 1.80 bits per heavy atom. The number of aliphatic hydroxyl groups is 1. The maximum absolute atomic E-state index is 12.3. The van der Waals surface area contributed by atoms with Gasteiger partial charge < -0.3 is 42.7 Å². The van der Waals surface area contributed by atoms with Crippen LogP contribution < -0.4 is 27.4 Å². The molecule has 0 heterocycles. The molecule has 14 nitrogen and oxygen atoms in total. The Kier molecular flexibility index (Phi) is 12.0. The molecule has 0 rings (SSSR count). The van der Waals surface area contributed by atoms with E-state index in [4.69, 9.17) is 26.8 Å². The van der Waals surface area contributed by atoms with E-state index in [1.165, 1.54) is 0 Å². The molecule has 0 aromatic heterocycles. The highest BCUT2D eigenvalue weighted by Gasteiger charge is 2.31. The average molecular weight is 451 g/mol. The lowest BCUT2D eigenvalue weighted by Gasteiger charge is -2.23. The molecule has 0 bridgehead atoms. The smallest absolute Gasteiger partial charge is 0.326 e. The van der Waals surface area contributed by atoms with Crippen molar-refractivity contribution in [3.63, 3.8) is 0 Å². The van der Waals surface area contributed by atoms with Gasteiger partial charge in [-0.15, -0.1) is 0 Å². The Labute approximate surface area is 176 Å². The highest BCUT2D eigenvalue weighted by Crippen LogP contribution is 2.02. The van der Waals surface area contributed by atoms with Gasteiger partial charge in [0.05, 0.1) is 13.0 Å². The number of carbonyl (C=O) groups excluding carboxylic acids is 4. The number of carbonyl (C=O) groups is 6. The van der Waals surface area contributed by atoms with Gasteiger partial charge in [-0.05, 0) is 6.42 Å². The van der Waals surface area contributed by atoms with Gasteiger partial charge in [0.2, 0.25) is 23.6 Å². The second-order valence-corrected chi connectivity index (χ2v) is 6.46. The maximum atomic E-state index is 12.3. The Morgan fingerprint density at radius 2 is 1.37 bits per heavy atom. The van der Waals surface area contributed by atoms with Crippen LogP contribution in [0.25, 0.3) is 0 Å². The number of nitrogens with one attached hydrogen (secondary N) is 3. The fourth-order valence-corrected chi connectivity index (χ4v) is 2.29. The van der Waals surface area contributed by atoms with E-state index in [0.717, 1.165) is 0 Å². The maximum Gasteiger partial charge on any atom is 0.326 e. The molecule has 15 heteroatoms. The number of carboxylic acid groups (broad SMARTS) is 2. The van der Waals surface area contributed by atoms with Crippen LogP contribution in [0.3, 0.4) is 0 Å². The Balaban J connectivity index is 5.27. The van der Waals surface area contributed by atoms with Crippen molar-refractivity contribution in [1.82, 2.24) is 16.0 Å². The SMILES string of the molecule is NC(=O)CCC(NC(=O)C(CC(=O)O)NC(=O)C(CS)NC(=O)C(N)CO)C(=O)O. The number of primary amides is 1. The summed E-state index contributed by atoms with van der Waals surface area (Å²) >= 11 is 3.88. The van der Waals surface area contributed by atoms with Gasteiger partial charge in [0, 0.05) is 12.2 Å². The van der Waals surface area contributed by atoms with Gasteiger partial charge in [0.25, 0.3) is 0 Å². The fourth-order valence-electron chi connectivity index (χ4n) is 2.03. The number of carboxylic acids is 2. The van der Waals surface area contributed by atoms with Crippen molar-refractivity contribution >= 4 is 48.2 Å². The zero-order valence-electron chi connectivity index (χ0n) is 15.7. The molecule has 4 atom stereocenters. The average Bonchev–Trinajstić information content (AvgIpc) is 2.66. The monoisotopic (exact) mass is 451 g/mol. The molecule has 0 aliphatic rings. The van der Waals surface area contributed by atoms with Crippen molar-refractivity contribution < 1.29 is 44.1 Å². The number of aliphatic hydroxyl groups excluding tert-OH is 1. The van der Waals surface area contributed by atoms with Gasteiger partial charge in [-0.1, -0.05) is 0 Å². The van der Waals surface area contributed by atoms with Crippen LogP contribution in [0, 0.1) is 0 Å². The molecule has 10 N–H and O–H groups in total. The molecule has 0 aliphatic carbocycles. The first kappa shape index (κ1) is 27.1. The summed E-state index contributed by atoms with van der Waals surface area (Å²) in [6.45, 7) is -0.696. The third kappa shape index (κ3) is 10.0. The summed E-state index contributed by atoms with van der Waals surface area (Å²) in [5.74, 6) is -7.06. The third-order valence-corrected chi connectivity index (χ3v) is 4.02. The van der Waals surface area contributed by atoms with Crippen LogP contribution in [0.4, 0.5) is 0 Å². The van der Waals surface area contributed by atoms with Gasteiger partial charge in [-0.25, -0.2) is 4.79 Å². The van der Waals surface area contributed by atoms with E-state index in [2.05, 4.69) is 23.3 Å². The Morgan fingerprint density at radius 1 is 0.867 bits per heavy atom. The second-order valence-electron chi connectivity index (χ2n) is 6.10. The van der Waals surface area contributed by atoms with Crippen molar-refractivity contribution in [2.45, 2.75) is 43.4 Å². The minimum Gasteiger partial charge on any atom is -0.481 e. The number of amides is 4. The molecule has 4 amide bonds. The first-order valence-electron chi connectivity index (χ1n) is 8.54. The summed E-state index contributed by atoms with van der Waals surface area (Å²) < 4.78 is 0. The molecule has 0 saturated carbocycles. The van der Waals surface area contributed by atoms with Gasteiger partial charge in [-0.2, -0.15) is 12.6 Å². The standard InChI is InChI=1S/C15H25N5O9S/c16-6(4-21)12(25)20-9(5-30)14(27)19-8(3-11(23)24)13(26)18-7(15(28)29)1-2-10(17)22/h6-9,21,30H,1-5,16H2,(H2,17,22)(H,18,26)(H,19,27)(H,20,25)(H,23,24)(H,28,29). The van der Waals surface area contributed by atoms with Crippen LogP contribution in [0.2, 0.25) is 0 Å². The summed E-state index contributed by atoms with van der Waals surface area (Å²) in [4.78, 5) is 69.4. The van der Waals surface area contributed by atoms with Gasteiger partial charge in [-0.3, -0.25) is 24.0 Å². The van der Waals surface area contributed by atoms with Crippen molar-refractivity contribution in [2.24, 2.45) is 11.5 Å². The lowest BCUT2D eigenvalue weighted by atomic mass is 10.1. The summed E-state index contributed by atoms with van der Waals surface area (Å²) in [6, 6.07) is -5.90. The molecule has 0 radical (unpaired) electrons. The molecular weight excluding hydrogens is 426 g/mol. The molecule has 170 valence electrons. The van der Waals surface area contributed by atoms with E-state index in [-0.39, 0.29) is 18.6 Å². The molecule has 30 heavy (non-hydrogen) atoms. The van der Waals surface area contributed by atoms with Gasteiger partial charge in [0.15, 0.2) is 0 Å². The second kappa shape index (κ2) is 13.3. The first-order chi connectivity index (χ1) is 13.9. The number of rotatable bonds is 14. The van der Waals surface area contributed by atoms with E-state index in [0.29, 0.717) is 0 Å². The number of aliphatic carboxylic acids is 2. The zero-order chi connectivity index (χ0) is 23.4. The summed E-state index contributed by atoms with van der Waals surface area (Å²) in [5, 5.41) is 33.2. The summed E-state index contributed by atoms with van der Waals surface area (Å²) in [5.41, 5.74) is 10.3. The van der Waals surface area contributed by atoms with Crippen molar-refractivity contribution in [3.8, 4) is 0 Å². The number of nitrogens with two attached hydrogens (primary N) is 2. The number of hydrogen-bond acceptors (Lipinski definition) is 9. The largest absolute Gasteiger partial charge is 0.481 e. The predicted octanol–water partition coefficient (Wildman–Crippen LogP) is -4.48. The minimum atomic E-state index is -1.70. The summed E-state index contributed by atoms with van der Waals surface area (Å²) in [6.07, 6.45) is -1.60. The summed E-state index contributed by atoms with van der Waals surface area (Å²) in [7, 11) is 0. The molecule has 0 aromatic rings. The van der Waals surface area contributed by atoms with E-state index in [1.54, 1.807) is 0 Å². The molecule has 0 saturated heterocycles.